The minimum absolute atomic E-state index is 0.148. The molecule has 0 saturated heterocycles. The number of fused-ring (bicyclic) bond motifs is 1. The summed E-state index contributed by atoms with van der Waals surface area (Å²) < 4.78 is 19.2. The van der Waals surface area contributed by atoms with Crippen molar-refractivity contribution in [2.75, 3.05) is 6.61 Å². The average molecular weight is 192 g/mol. The highest BCUT2D eigenvalue weighted by molar-refractivity contribution is 5.41. The van der Waals surface area contributed by atoms with Crippen LogP contribution in [0.4, 0.5) is 4.39 Å². The molecule has 1 aromatic carbocycles. The van der Waals surface area contributed by atoms with Gasteiger partial charge in [-0.25, -0.2) is 4.39 Å². The van der Waals surface area contributed by atoms with E-state index in [9.17, 15) is 4.39 Å². The number of benzene rings is 1. The summed E-state index contributed by atoms with van der Waals surface area (Å²) in [5.74, 6) is 0.525. The highest BCUT2D eigenvalue weighted by atomic mass is 19.1. The Morgan fingerprint density at radius 2 is 2.21 bits per heavy atom. The van der Waals surface area contributed by atoms with Crippen molar-refractivity contribution in [3.05, 3.63) is 41.2 Å². The van der Waals surface area contributed by atoms with Gasteiger partial charge in [-0.1, -0.05) is 18.2 Å². The Labute approximate surface area is 83.2 Å². The minimum Gasteiger partial charge on any atom is -0.493 e. The largest absolute Gasteiger partial charge is 0.493 e. The smallest absolute Gasteiger partial charge is 0.133 e. The number of rotatable bonds is 0. The highest BCUT2D eigenvalue weighted by Crippen LogP contribution is 2.29. The van der Waals surface area contributed by atoms with Gasteiger partial charge in [0.1, 0.15) is 11.6 Å². The van der Waals surface area contributed by atoms with E-state index in [1.54, 1.807) is 13.0 Å². The molecule has 0 aliphatic carbocycles. The monoisotopic (exact) mass is 192 g/mol. The minimum atomic E-state index is -0.148. The third kappa shape index (κ3) is 1.52. The number of halogens is 1. The lowest BCUT2D eigenvalue weighted by Crippen LogP contribution is -1.97. The van der Waals surface area contributed by atoms with Crippen molar-refractivity contribution < 1.29 is 9.13 Å². The summed E-state index contributed by atoms with van der Waals surface area (Å²) in [6, 6.07) is 3.59. The molecule has 0 radical (unpaired) electrons. The lowest BCUT2D eigenvalue weighted by molar-refractivity contribution is 0.324. The fraction of sp³-hybridized carbons (Fsp3) is 0.333. The van der Waals surface area contributed by atoms with Crippen LogP contribution in [0.2, 0.25) is 0 Å². The van der Waals surface area contributed by atoms with Gasteiger partial charge in [0.2, 0.25) is 0 Å². The van der Waals surface area contributed by atoms with Crippen LogP contribution in [0.1, 0.15) is 17.5 Å². The molecule has 0 unspecified atom stereocenters. The predicted octanol–water partition coefficient (Wildman–Crippen LogP) is 3.02. The summed E-state index contributed by atoms with van der Waals surface area (Å²) in [6.45, 7) is 6.27. The molecule has 74 valence electrons. The lowest BCUT2D eigenvalue weighted by atomic mass is 10.0. The number of hydrogen-bond acceptors (Lipinski definition) is 1. The molecule has 0 bridgehead atoms. The second kappa shape index (κ2) is 3.45. The Kier molecular flexibility index (Phi) is 2.28. The number of aryl methyl sites for hydroxylation is 1. The second-order valence-corrected chi connectivity index (χ2v) is 3.70. The van der Waals surface area contributed by atoms with Crippen LogP contribution in [0.5, 0.6) is 5.75 Å². The number of ether oxygens (including phenoxy) is 1. The zero-order valence-corrected chi connectivity index (χ0v) is 8.27. The molecule has 0 fully saturated rings. The third-order valence-corrected chi connectivity index (χ3v) is 2.53. The van der Waals surface area contributed by atoms with Gasteiger partial charge < -0.3 is 4.74 Å². The summed E-state index contributed by atoms with van der Waals surface area (Å²) >= 11 is 0. The van der Waals surface area contributed by atoms with Gasteiger partial charge in [-0.3, -0.25) is 0 Å². The molecule has 0 spiro atoms. The molecule has 0 amide bonds. The van der Waals surface area contributed by atoms with E-state index in [1.165, 1.54) is 0 Å². The molecular formula is C12H13FO. The van der Waals surface area contributed by atoms with Crippen molar-refractivity contribution in [1.29, 1.82) is 0 Å². The summed E-state index contributed by atoms with van der Waals surface area (Å²) in [4.78, 5) is 0. The molecule has 1 heterocycles. The maximum absolute atomic E-state index is 13.7. The fourth-order valence-corrected chi connectivity index (χ4v) is 1.66. The van der Waals surface area contributed by atoms with E-state index in [-0.39, 0.29) is 5.82 Å². The van der Waals surface area contributed by atoms with Gasteiger partial charge in [0.25, 0.3) is 0 Å². The van der Waals surface area contributed by atoms with Gasteiger partial charge in [0.15, 0.2) is 0 Å². The van der Waals surface area contributed by atoms with E-state index < -0.39 is 0 Å². The zero-order valence-electron chi connectivity index (χ0n) is 8.27. The molecule has 14 heavy (non-hydrogen) atoms. The van der Waals surface area contributed by atoms with E-state index in [0.29, 0.717) is 29.9 Å². The van der Waals surface area contributed by atoms with Crippen molar-refractivity contribution in [1.82, 2.24) is 0 Å². The predicted molar refractivity (Wildman–Crippen MR) is 54.1 cm³/mol. The number of hydrogen-bond donors (Lipinski definition) is 0. The first-order valence-electron chi connectivity index (χ1n) is 4.76. The van der Waals surface area contributed by atoms with Gasteiger partial charge in [0.05, 0.1) is 6.61 Å². The van der Waals surface area contributed by atoms with Crippen LogP contribution in [0.3, 0.4) is 0 Å². The van der Waals surface area contributed by atoms with E-state index >= 15 is 0 Å². The molecule has 1 aliphatic heterocycles. The maximum atomic E-state index is 13.7. The van der Waals surface area contributed by atoms with E-state index in [2.05, 4.69) is 6.58 Å². The molecule has 0 aromatic heterocycles. The van der Waals surface area contributed by atoms with Crippen molar-refractivity contribution in [3.63, 3.8) is 0 Å². The Bertz CT molecular complexity index is 382. The quantitative estimate of drug-likeness (QED) is 0.574. The first kappa shape index (κ1) is 9.25. The SMILES string of the molecule is C=C1CCOc2ccc(C)c(F)c2C1. The van der Waals surface area contributed by atoms with Gasteiger partial charge in [0, 0.05) is 12.0 Å². The van der Waals surface area contributed by atoms with Crippen LogP contribution in [0.15, 0.2) is 24.3 Å². The van der Waals surface area contributed by atoms with Gasteiger partial charge >= 0.3 is 0 Å². The van der Waals surface area contributed by atoms with Crippen LogP contribution in [0.25, 0.3) is 0 Å². The summed E-state index contributed by atoms with van der Waals surface area (Å²) in [6.07, 6.45) is 1.41. The topological polar surface area (TPSA) is 9.23 Å². The summed E-state index contributed by atoms with van der Waals surface area (Å²) in [5, 5.41) is 0. The Hall–Kier alpha value is -1.31. The summed E-state index contributed by atoms with van der Waals surface area (Å²) in [5.41, 5.74) is 2.36. The van der Waals surface area contributed by atoms with Crippen LogP contribution >= 0.6 is 0 Å². The zero-order chi connectivity index (χ0) is 10.1. The molecule has 2 heteroatoms. The average Bonchev–Trinajstić information content (AvgIpc) is 2.34. The van der Waals surface area contributed by atoms with E-state index in [0.717, 1.165) is 12.0 Å². The molecule has 1 nitrogen and oxygen atoms in total. The van der Waals surface area contributed by atoms with Crippen LogP contribution in [-0.2, 0) is 6.42 Å². The van der Waals surface area contributed by atoms with Crippen molar-refractivity contribution in [2.45, 2.75) is 19.8 Å². The molecule has 0 N–H and O–H groups in total. The fourth-order valence-electron chi connectivity index (χ4n) is 1.66. The first-order valence-corrected chi connectivity index (χ1v) is 4.76. The van der Waals surface area contributed by atoms with Crippen LogP contribution < -0.4 is 4.74 Å². The van der Waals surface area contributed by atoms with Crippen LogP contribution in [-0.4, -0.2) is 6.61 Å². The Balaban J connectivity index is 2.51. The van der Waals surface area contributed by atoms with Gasteiger partial charge in [-0.15, -0.1) is 0 Å². The van der Waals surface area contributed by atoms with Crippen molar-refractivity contribution >= 4 is 0 Å². The Morgan fingerprint density at radius 1 is 1.43 bits per heavy atom. The van der Waals surface area contributed by atoms with E-state index in [1.807, 2.05) is 6.07 Å². The van der Waals surface area contributed by atoms with Crippen LogP contribution in [0, 0.1) is 12.7 Å². The molecule has 0 saturated carbocycles. The molecule has 1 aromatic rings. The lowest BCUT2D eigenvalue weighted by Gasteiger charge is -2.08. The van der Waals surface area contributed by atoms with E-state index in [4.69, 9.17) is 4.74 Å². The normalized spacial score (nSPS) is 15.7. The second-order valence-electron chi connectivity index (χ2n) is 3.70. The first-order chi connectivity index (χ1) is 6.68. The molecule has 1 aliphatic rings. The third-order valence-electron chi connectivity index (χ3n) is 2.53. The highest BCUT2D eigenvalue weighted by Gasteiger charge is 2.16. The maximum Gasteiger partial charge on any atom is 0.133 e. The standard InChI is InChI=1S/C12H13FO/c1-8-5-6-14-11-4-3-9(2)12(13)10(11)7-8/h3-4H,1,5-7H2,2H3. The van der Waals surface area contributed by atoms with Gasteiger partial charge in [-0.2, -0.15) is 0 Å². The van der Waals surface area contributed by atoms with Gasteiger partial charge in [-0.05, 0) is 25.0 Å². The van der Waals surface area contributed by atoms with Crippen molar-refractivity contribution in [2.24, 2.45) is 0 Å². The molecule has 2 rings (SSSR count). The summed E-state index contributed by atoms with van der Waals surface area (Å²) in [7, 11) is 0. The van der Waals surface area contributed by atoms with Crippen molar-refractivity contribution in [3.8, 4) is 5.75 Å². The molecular weight excluding hydrogens is 179 g/mol. The Morgan fingerprint density at radius 3 is 3.00 bits per heavy atom. The molecule has 0 atom stereocenters.